The van der Waals surface area contributed by atoms with Crippen LogP contribution in [0.3, 0.4) is 0 Å². The van der Waals surface area contributed by atoms with Gasteiger partial charge in [-0.25, -0.2) is 13.8 Å². The van der Waals surface area contributed by atoms with E-state index in [0.717, 1.165) is 11.1 Å². The highest BCUT2D eigenvalue weighted by Crippen LogP contribution is 2.29. The Morgan fingerprint density at radius 3 is 2.70 bits per heavy atom. The Labute approximate surface area is 118 Å². The van der Waals surface area contributed by atoms with Crippen molar-refractivity contribution in [1.29, 1.82) is 0 Å². The lowest BCUT2D eigenvalue weighted by Crippen LogP contribution is -2.33. The van der Waals surface area contributed by atoms with E-state index in [4.69, 9.17) is 0 Å². The Bertz CT molecular complexity index is 529. The number of nitrogens with zero attached hydrogens (tertiary/aromatic N) is 3. The van der Waals surface area contributed by atoms with Crippen molar-refractivity contribution in [3.05, 3.63) is 48.5 Å². The van der Waals surface area contributed by atoms with Crippen LogP contribution in [0.15, 0.2) is 53.5 Å². The van der Waals surface area contributed by atoms with E-state index in [9.17, 15) is 8.78 Å². The van der Waals surface area contributed by atoms with Gasteiger partial charge in [-0.15, -0.1) is 0 Å². The van der Waals surface area contributed by atoms with Gasteiger partial charge in [-0.3, -0.25) is 0 Å². The van der Waals surface area contributed by atoms with Crippen LogP contribution >= 0.6 is 0 Å². The summed E-state index contributed by atoms with van der Waals surface area (Å²) in [4.78, 5) is 7.95. The smallest absolute Gasteiger partial charge is 0.266 e. The highest BCUT2D eigenvalue weighted by molar-refractivity contribution is 5.94. The monoisotopic (exact) mass is 279 g/mol. The Hall–Kier alpha value is -1.91. The largest absolute Gasteiger partial charge is 0.350 e. The van der Waals surface area contributed by atoms with Gasteiger partial charge in [0.05, 0.1) is 6.54 Å². The zero-order chi connectivity index (χ0) is 14.9. The highest BCUT2D eigenvalue weighted by Gasteiger charge is 2.39. The van der Waals surface area contributed by atoms with E-state index in [1.807, 2.05) is 25.1 Å². The lowest BCUT2D eigenvalue weighted by atomic mass is 10.1. The second kappa shape index (κ2) is 5.23. The molecule has 2 rings (SSSR count). The molecule has 0 spiro atoms. The molecule has 0 aromatic heterocycles. The molecule has 1 saturated heterocycles. The molecule has 2 aliphatic heterocycles. The number of rotatable bonds is 2. The van der Waals surface area contributed by atoms with Crippen LogP contribution in [0, 0.1) is 0 Å². The standard InChI is InChI=1S/C15H19F2N3/c1-5-12(11(2)3)14-18-13(6-8-19(14)4)20-9-7-15(16,17)10-20/h5-6,8H,1-2,7,9-10H2,3-4H3/b14-12+. The number of halogens is 2. The van der Waals surface area contributed by atoms with Gasteiger partial charge >= 0.3 is 0 Å². The summed E-state index contributed by atoms with van der Waals surface area (Å²) in [5.74, 6) is -1.38. The molecule has 20 heavy (non-hydrogen) atoms. The lowest BCUT2D eigenvalue weighted by Gasteiger charge is -2.26. The van der Waals surface area contributed by atoms with Gasteiger partial charge in [-0.1, -0.05) is 19.2 Å². The van der Waals surface area contributed by atoms with Crippen molar-refractivity contribution < 1.29 is 8.78 Å². The van der Waals surface area contributed by atoms with Crippen LogP contribution in [0.2, 0.25) is 0 Å². The molecule has 0 radical (unpaired) electrons. The van der Waals surface area contributed by atoms with Crippen molar-refractivity contribution in [2.45, 2.75) is 19.3 Å². The van der Waals surface area contributed by atoms with Gasteiger partial charge in [-0.2, -0.15) is 0 Å². The average Bonchev–Trinajstić information content (AvgIpc) is 2.72. The van der Waals surface area contributed by atoms with Gasteiger partial charge < -0.3 is 9.80 Å². The number of amidine groups is 1. The van der Waals surface area contributed by atoms with E-state index in [1.165, 1.54) is 0 Å². The minimum Gasteiger partial charge on any atom is -0.350 e. The predicted octanol–water partition coefficient (Wildman–Crippen LogP) is 3.16. The van der Waals surface area contributed by atoms with Crippen LogP contribution in [-0.4, -0.2) is 41.7 Å². The Balaban J connectivity index is 2.34. The van der Waals surface area contributed by atoms with Gasteiger partial charge in [0.25, 0.3) is 5.92 Å². The number of hydrogen-bond donors (Lipinski definition) is 0. The van der Waals surface area contributed by atoms with Crippen molar-refractivity contribution in [2.75, 3.05) is 20.1 Å². The van der Waals surface area contributed by atoms with Crippen molar-refractivity contribution in [3.63, 3.8) is 0 Å². The maximum absolute atomic E-state index is 13.3. The van der Waals surface area contributed by atoms with Crippen molar-refractivity contribution in [3.8, 4) is 0 Å². The molecule has 0 unspecified atom stereocenters. The fraction of sp³-hybridized carbons (Fsp3) is 0.400. The normalized spacial score (nSPS) is 23.7. The van der Waals surface area contributed by atoms with Crippen LogP contribution in [0.5, 0.6) is 0 Å². The molecule has 5 heteroatoms. The third kappa shape index (κ3) is 2.81. The highest BCUT2D eigenvalue weighted by atomic mass is 19.3. The first-order valence-corrected chi connectivity index (χ1v) is 6.49. The van der Waals surface area contributed by atoms with E-state index in [-0.39, 0.29) is 13.0 Å². The molecule has 0 aromatic rings. The van der Waals surface area contributed by atoms with Crippen LogP contribution in [0.25, 0.3) is 0 Å². The minimum atomic E-state index is -2.63. The van der Waals surface area contributed by atoms with Gasteiger partial charge in [0.1, 0.15) is 11.7 Å². The second-order valence-corrected chi connectivity index (χ2v) is 5.15. The molecule has 0 bridgehead atoms. The molecule has 2 aliphatic rings. The third-order valence-corrected chi connectivity index (χ3v) is 3.40. The Morgan fingerprint density at radius 1 is 1.50 bits per heavy atom. The molecule has 108 valence electrons. The summed E-state index contributed by atoms with van der Waals surface area (Å²) in [6.45, 7) is 9.58. The van der Waals surface area contributed by atoms with E-state index >= 15 is 0 Å². The summed E-state index contributed by atoms with van der Waals surface area (Å²) in [7, 11) is 1.86. The number of allylic oxidation sites excluding steroid dienone is 3. The van der Waals surface area contributed by atoms with Gasteiger partial charge in [0, 0.05) is 31.8 Å². The van der Waals surface area contributed by atoms with Crippen LogP contribution in [0.4, 0.5) is 8.78 Å². The van der Waals surface area contributed by atoms with Gasteiger partial charge in [-0.05, 0) is 18.6 Å². The van der Waals surface area contributed by atoms with Crippen molar-refractivity contribution in [2.24, 2.45) is 4.99 Å². The van der Waals surface area contributed by atoms with Crippen LogP contribution in [0.1, 0.15) is 13.3 Å². The number of aliphatic imine (C=N–C) groups is 1. The van der Waals surface area contributed by atoms with Gasteiger partial charge in [0.15, 0.2) is 0 Å². The summed E-state index contributed by atoms with van der Waals surface area (Å²) >= 11 is 0. The zero-order valence-corrected chi connectivity index (χ0v) is 11.9. The first-order chi connectivity index (χ1) is 9.34. The second-order valence-electron chi connectivity index (χ2n) is 5.15. The van der Waals surface area contributed by atoms with E-state index < -0.39 is 5.92 Å². The average molecular weight is 279 g/mol. The molecule has 0 saturated carbocycles. The maximum atomic E-state index is 13.3. The van der Waals surface area contributed by atoms with Gasteiger partial charge in [0.2, 0.25) is 0 Å². The molecule has 0 N–H and O–H groups in total. The summed E-state index contributed by atoms with van der Waals surface area (Å²) in [6, 6.07) is 0. The SMILES string of the molecule is C=C/C(C(=C)C)=C1/N=C(N2CCC(F)(F)C2)C=CN1C. The molecule has 0 amide bonds. The predicted molar refractivity (Wildman–Crippen MR) is 77.5 cm³/mol. The summed E-state index contributed by atoms with van der Waals surface area (Å²) < 4.78 is 26.6. The summed E-state index contributed by atoms with van der Waals surface area (Å²) in [5.41, 5.74) is 1.66. The number of alkyl halides is 2. The maximum Gasteiger partial charge on any atom is 0.266 e. The molecule has 0 aliphatic carbocycles. The Kier molecular flexibility index (Phi) is 3.79. The molecule has 1 fully saturated rings. The zero-order valence-electron chi connectivity index (χ0n) is 11.9. The molecular weight excluding hydrogens is 260 g/mol. The fourth-order valence-electron chi connectivity index (χ4n) is 2.29. The lowest BCUT2D eigenvalue weighted by molar-refractivity contribution is 0.0176. The van der Waals surface area contributed by atoms with Crippen molar-refractivity contribution >= 4 is 5.84 Å². The molecule has 0 atom stereocenters. The van der Waals surface area contributed by atoms with Crippen molar-refractivity contribution in [1.82, 2.24) is 9.80 Å². The molecule has 0 aromatic carbocycles. The number of likely N-dealkylation sites (tertiary alicyclic amines) is 1. The number of hydrogen-bond acceptors (Lipinski definition) is 3. The summed E-state index contributed by atoms with van der Waals surface area (Å²) in [6.07, 6.45) is 5.14. The van der Waals surface area contributed by atoms with Crippen LogP contribution < -0.4 is 0 Å². The first kappa shape index (κ1) is 14.5. The fourth-order valence-corrected chi connectivity index (χ4v) is 2.29. The topological polar surface area (TPSA) is 18.8 Å². The van der Waals surface area contributed by atoms with E-state index in [0.29, 0.717) is 18.2 Å². The quantitative estimate of drug-likeness (QED) is 0.773. The molecular formula is C15H19F2N3. The molecule has 3 nitrogen and oxygen atoms in total. The summed E-state index contributed by atoms with van der Waals surface area (Å²) in [5, 5.41) is 0. The Morgan fingerprint density at radius 2 is 2.20 bits per heavy atom. The van der Waals surface area contributed by atoms with E-state index in [1.54, 1.807) is 17.1 Å². The van der Waals surface area contributed by atoms with E-state index in [2.05, 4.69) is 18.2 Å². The first-order valence-electron chi connectivity index (χ1n) is 6.49. The third-order valence-electron chi connectivity index (χ3n) is 3.40. The minimum absolute atomic E-state index is 0.121. The van der Waals surface area contributed by atoms with Crippen LogP contribution in [-0.2, 0) is 0 Å². The molecule has 2 heterocycles.